The van der Waals surface area contributed by atoms with E-state index >= 15 is 0 Å². The minimum absolute atomic E-state index is 0.0251. The van der Waals surface area contributed by atoms with Gasteiger partial charge in [-0.25, -0.2) is 4.98 Å². The third-order valence-electron chi connectivity index (χ3n) is 5.41. The number of nitriles is 1. The number of allylic oxidation sites excluding steroid dienone is 3. The Labute approximate surface area is 168 Å². The van der Waals surface area contributed by atoms with Gasteiger partial charge in [0.2, 0.25) is 5.88 Å². The van der Waals surface area contributed by atoms with Crippen LogP contribution in [0, 0.1) is 23.7 Å². The van der Waals surface area contributed by atoms with Crippen LogP contribution in [0.2, 0.25) is 5.15 Å². The van der Waals surface area contributed by atoms with E-state index in [0.717, 1.165) is 16.5 Å². The third kappa shape index (κ3) is 2.85. The van der Waals surface area contributed by atoms with Crippen molar-refractivity contribution in [1.29, 1.82) is 5.26 Å². The highest BCUT2D eigenvalue weighted by atomic mass is 35.5. The zero-order valence-corrected chi connectivity index (χ0v) is 16.7. The van der Waals surface area contributed by atoms with Crippen molar-refractivity contribution >= 4 is 28.3 Å². The summed E-state index contributed by atoms with van der Waals surface area (Å²) in [5.74, 6) is -0.153. The molecule has 0 spiro atoms. The van der Waals surface area contributed by atoms with Crippen molar-refractivity contribution in [2.45, 2.75) is 39.5 Å². The highest BCUT2D eigenvalue weighted by Gasteiger charge is 2.43. The van der Waals surface area contributed by atoms with Crippen LogP contribution in [0.4, 0.5) is 0 Å². The lowest BCUT2D eigenvalue weighted by Crippen LogP contribution is -2.33. The lowest BCUT2D eigenvalue weighted by molar-refractivity contribution is -0.119. The molecule has 1 atom stereocenters. The summed E-state index contributed by atoms with van der Waals surface area (Å²) in [7, 11) is 0. The first kappa shape index (κ1) is 18.5. The van der Waals surface area contributed by atoms with Crippen molar-refractivity contribution in [1.82, 2.24) is 4.98 Å². The summed E-state index contributed by atoms with van der Waals surface area (Å²) in [6.07, 6.45) is 0.948. The Bertz CT molecular complexity index is 1140. The normalized spacial score (nSPS) is 21.4. The number of nitrogens with two attached hydrogens (primary N) is 1. The topological polar surface area (TPSA) is 89.0 Å². The highest BCUT2D eigenvalue weighted by molar-refractivity contribution is 6.31. The number of rotatable bonds is 1. The van der Waals surface area contributed by atoms with Crippen LogP contribution in [0.3, 0.4) is 0 Å². The van der Waals surface area contributed by atoms with Gasteiger partial charge in [-0.15, -0.1) is 0 Å². The van der Waals surface area contributed by atoms with Gasteiger partial charge in [-0.05, 0) is 24.0 Å². The van der Waals surface area contributed by atoms with Crippen molar-refractivity contribution in [2.75, 3.05) is 0 Å². The maximum absolute atomic E-state index is 13.1. The van der Waals surface area contributed by atoms with E-state index < -0.39 is 5.92 Å². The third-order valence-corrected chi connectivity index (χ3v) is 5.72. The summed E-state index contributed by atoms with van der Waals surface area (Å²) in [6, 6.07) is 9.86. The summed E-state index contributed by atoms with van der Waals surface area (Å²) in [5, 5.41) is 10.9. The van der Waals surface area contributed by atoms with Crippen LogP contribution in [0.1, 0.15) is 43.7 Å². The number of ether oxygens (including phenoxy) is 1. The van der Waals surface area contributed by atoms with Crippen LogP contribution in [0.5, 0.6) is 0 Å². The van der Waals surface area contributed by atoms with E-state index in [1.165, 1.54) is 0 Å². The number of carbonyl (C=O) groups excluding carboxylic acids is 1. The molecular formula is C22H20ClN3O2. The van der Waals surface area contributed by atoms with E-state index in [1.54, 1.807) is 0 Å². The van der Waals surface area contributed by atoms with Crippen molar-refractivity contribution in [3.05, 3.63) is 63.3 Å². The minimum Gasteiger partial charge on any atom is -0.444 e. The van der Waals surface area contributed by atoms with Gasteiger partial charge in [-0.1, -0.05) is 43.6 Å². The fourth-order valence-corrected chi connectivity index (χ4v) is 4.39. The van der Waals surface area contributed by atoms with Crippen molar-refractivity contribution in [3.8, 4) is 6.07 Å². The Kier molecular flexibility index (Phi) is 4.20. The number of aromatic nitrogens is 1. The Balaban J connectivity index is 1.98. The van der Waals surface area contributed by atoms with Gasteiger partial charge in [0, 0.05) is 29.4 Å². The molecule has 0 radical (unpaired) electrons. The first-order chi connectivity index (χ1) is 13.2. The van der Waals surface area contributed by atoms with Gasteiger partial charge in [0.25, 0.3) is 0 Å². The standard InChI is InChI=1S/C22H20ClN3O2/c1-11-5-4-6-12-7-13(20(23)26-19(11)12)17-14(10-24)21(25)28-16-9-22(2,3)8-15(27)18(16)17/h4-7,17H,8-9,25H2,1-3H3/t17-/m0/s1. The van der Waals surface area contributed by atoms with Crippen molar-refractivity contribution in [2.24, 2.45) is 11.1 Å². The number of halogens is 1. The molecule has 0 saturated heterocycles. The Hall–Kier alpha value is -2.84. The zero-order valence-electron chi connectivity index (χ0n) is 16.0. The molecule has 0 bridgehead atoms. The van der Waals surface area contributed by atoms with Crippen LogP contribution in [0.25, 0.3) is 10.9 Å². The maximum Gasteiger partial charge on any atom is 0.205 e. The summed E-state index contributed by atoms with van der Waals surface area (Å²) < 4.78 is 5.73. The molecule has 0 saturated carbocycles. The first-order valence-corrected chi connectivity index (χ1v) is 9.49. The summed E-state index contributed by atoms with van der Waals surface area (Å²) in [6.45, 7) is 5.99. The number of ketones is 1. The molecule has 1 aliphatic heterocycles. The number of fused-ring (bicyclic) bond motifs is 1. The number of pyridine rings is 1. The average Bonchev–Trinajstić information content (AvgIpc) is 2.60. The number of benzene rings is 1. The molecule has 2 heterocycles. The van der Waals surface area contributed by atoms with Gasteiger partial charge >= 0.3 is 0 Å². The lowest BCUT2D eigenvalue weighted by Gasteiger charge is -2.37. The molecule has 6 heteroatoms. The second-order valence-corrected chi connectivity index (χ2v) is 8.58. The maximum atomic E-state index is 13.1. The monoisotopic (exact) mass is 393 g/mol. The van der Waals surface area contributed by atoms with E-state index in [2.05, 4.69) is 11.1 Å². The van der Waals surface area contributed by atoms with Gasteiger partial charge in [-0.3, -0.25) is 4.79 Å². The van der Waals surface area contributed by atoms with E-state index in [1.807, 2.05) is 45.0 Å². The zero-order chi connectivity index (χ0) is 20.2. The predicted molar refractivity (Wildman–Crippen MR) is 107 cm³/mol. The van der Waals surface area contributed by atoms with Crippen LogP contribution >= 0.6 is 11.6 Å². The first-order valence-electron chi connectivity index (χ1n) is 9.11. The molecule has 5 nitrogen and oxygen atoms in total. The molecule has 2 aromatic rings. The molecule has 0 fully saturated rings. The van der Waals surface area contributed by atoms with E-state index in [9.17, 15) is 10.1 Å². The number of aryl methyl sites for hydroxylation is 1. The molecule has 2 aliphatic rings. The smallest absolute Gasteiger partial charge is 0.205 e. The molecule has 1 aliphatic carbocycles. The molecule has 4 rings (SSSR count). The van der Waals surface area contributed by atoms with Crippen LogP contribution in [0.15, 0.2) is 47.1 Å². The van der Waals surface area contributed by atoms with Gasteiger partial charge in [0.1, 0.15) is 22.6 Å². The van der Waals surface area contributed by atoms with Gasteiger partial charge < -0.3 is 10.5 Å². The van der Waals surface area contributed by atoms with Crippen LogP contribution in [-0.4, -0.2) is 10.8 Å². The molecule has 1 aromatic heterocycles. The van der Waals surface area contributed by atoms with Crippen LogP contribution < -0.4 is 5.73 Å². The minimum atomic E-state index is -0.665. The molecular weight excluding hydrogens is 374 g/mol. The van der Waals surface area contributed by atoms with E-state index in [-0.39, 0.29) is 27.8 Å². The molecule has 0 unspecified atom stereocenters. The molecule has 1 aromatic carbocycles. The Morgan fingerprint density at radius 2 is 2.11 bits per heavy atom. The average molecular weight is 394 g/mol. The molecule has 142 valence electrons. The SMILES string of the molecule is Cc1cccc2cc([C@H]3C(C#N)=C(N)OC4=C3C(=O)CC(C)(C)C4)c(Cl)nc12. The Morgan fingerprint density at radius 1 is 1.36 bits per heavy atom. The van der Waals surface area contributed by atoms with Crippen molar-refractivity contribution < 1.29 is 9.53 Å². The number of carbonyl (C=O) groups is 1. The lowest BCUT2D eigenvalue weighted by atomic mass is 9.70. The fraction of sp³-hybridized carbons (Fsp3) is 0.318. The van der Waals surface area contributed by atoms with Gasteiger partial charge in [0.15, 0.2) is 5.78 Å². The molecule has 28 heavy (non-hydrogen) atoms. The van der Waals surface area contributed by atoms with Crippen LogP contribution in [-0.2, 0) is 9.53 Å². The van der Waals surface area contributed by atoms with E-state index in [4.69, 9.17) is 22.1 Å². The molecule has 0 amide bonds. The highest BCUT2D eigenvalue weighted by Crippen LogP contribution is 2.49. The summed E-state index contributed by atoms with van der Waals surface area (Å²) >= 11 is 6.55. The second-order valence-electron chi connectivity index (χ2n) is 8.22. The Morgan fingerprint density at radius 3 is 2.82 bits per heavy atom. The van der Waals surface area contributed by atoms with Gasteiger partial charge in [-0.2, -0.15) is 5.26 Å². The summed E-state index contributed by atoms with van der Waals surface area (Å²) in [4.78, 5) is 17.6. The molecule has 2 N–H and O–H groups in total. The second kappa shape index (κ2) is 6.35. The number of para-hydroxylation sites is 1. The largest absolute Gasteiger partial charge is 0.444 e. The van der Waals surface area contributed by atoms with E-state index in [0.29, 0.717) is 29.7 Å². The van der Waals surface area contributed by atoms with Gasteiger partial charge in [0.05, 0.1) is 11.4 Å². The number of Topliss-reactive ketones (excluding diaryl/α,β-unsaturated/α-hetero) is 1. The number of nitrogens with zero attached hydrogens (tertiary/aromatic N) is 2. The van der Waals surface area contributed by atoms with Crippen molar-refractivity contribution in [3.63, 3.8) is 0 Å². The predicted octanol–water partition coefficient (Wildman–Crippen LogP) is 4.65. The quantitative estimate of drug-likeness (QED) is 0.712. The number of hydrogen-bond donors (Lipinski definition) is 1. The fourth-order valence-electron chi connectivity index (χ4n) is 4.14. The summed E-state index contributed by atoms with van der Waals surface area (Å²) in [5.41, 5.74) is 8.91. The number of hydrogen-bond acceptors (Lipinski definition) is 5.